The Balaban J connectivity index is 2.27. The molecule has 1 aliphatic heterocycles. The van der Waals surface area contributed by atoms with Gasteiger partial charge in [0.25, 0.3) is 0 Å². The maximum atomic E-state index is 13.0. The number of fused-ring (bicyclic) bond motifs is 1. The van der Waals surface area contributed by atoms with Gasteiger partial charge >= 0.3 is 12.3 Å². The summed E-state index contributed by atoms with van der Waals surface area (Å²) in [6, 6.07) is 1.65. The number of hydrogen-bond donors (Lipinski definition) is 0. The van der Waals surface area contributed by atoms with Crippen LogP contribution in [-0.2, 0) is 23.9 Å². The molecule has 0 fully saturated rings. The Morgan fingerprint density at radius 3 is 2.50 bits per heavy atom. The maximum absolute atomic E-state index is 13.0. The number of halogens is 3. The molecule has 0 atom stereocenters. The second kappa shape index (κ2) is 5.47. The van der Waals surface area contributed by atoms with Gasteiger partial charge in [0.05, 0.1) is 12.1 Å². The Bertz CT molecular complexity index is 638. The molecule has 8 heteroatoms. The summed E-state index contributed by atoms with van der Waals surface area (Å²) in [5, 5.41) is 9.01. The molecule has 120 valence electrons. The van der Waals surface area contributed by atoms with Gasteiger partial charge in [0.15, 0.2) is 0 Å². The minimum atomic E-state index is -4.55. The van der Waals surface area contributed by atoms with Gasteiger partial charge < -0.3 is 9.64 Å². The maximum Gasteiger partial charge on any atom is 0.426 e. The molecule has 0 bridgehead atoms. The summed E-state index contributed by atoms with van der Waals surface area (Å²) in [5.41, 5.74) is -0.571. The van der Waals surface area contributed by atoms with Crippen molar-refractivity contribution in [1.82, 2.24) is 4.90 Å². The third kappa shape index (κ3) is 3.35. The van der Waals surface area contributed by atoms with E-state index in [9.17, 15) is 18.0 Å². The standard InChI is InChI=1S/C14H15F3N2O2S/c1-13(2,3)21-12(20)19-5-4-8-9(6-18)11(14(15,16)17)22-10(8)7-19/h4-5,7H2,1-3H3. The minimum absolute atomic E-state index is 0.0413. The Morgan fingerprint density at radius 1 is 1.36 bits per heavy atom. The van der Waals surface area contributed by atoms with E-state index < -0.39 is 22.7 Å². The Morgan fingerprint density at radius 2 is 2.00 bits per heavy atom. The van der Waals surface area contributed by atoms with Crippen LogP contribution in [0.25, 0.3) is 0 Å². The number of nitriles is 1. The molecule has 0 radical (unpaired) electrons. The third-order valence-corrected chi connectivity index (χ3v) is 4.34. The van der Waals surface area contributed by atoms with Gasteiger partial charge in [-0.15, -0.1) is 11.3 Å². The van der Waals surface area contributed by atoms with Crippen LogP contribution in [0.5, 0.6) is 0 Å². The highest BCUT2D eigenvalue weighted by Crippen LogP contribution is 2.42. The molecule has 0 aliphatic carbocycles. The fourth-order valence-electron chi connectivity index (χ4n) is 2.20. The summed E-state index contributed by atoms with van der Waals surface area (Å²) in [5.74, 6) is 0. The molecule has 0 unspecified atom stereocenters. The highest BCUT2D eigenvalue weighted by atomic mass is 32.1. The number of hydrogen-bond acceptors (Lipinski definition) is 4. The van der Waals surface area contributed by atoms with Gasteiger partial charge in [0.2, 0.25) is 0 Å². The second-order valence-electron chi connectivity index (χ2n) is 5.97. The Kier molecular flexibility index (Phi) is 4.13. The summed E-state index contributed by atoms with van der Waals surface area (Å²) in [6.07, 6.45) is -4.88. The van der Waals surface area contributed by atoms with Crippen LogP contribution in [0.4, 0.5) is 18.0 Å². The van der Waals surface area contributed by atoms with Crippen molar-refractivity contribution in [3.05, 3.63) is 20.9 Å². The molecular formula is C14H15F3N2O2S. The quantitative estimate of drug-likeness (QED) is 0.723. The van der Waals surface area contributed by atoms with Crippen LogP contribution in [0.1, 0.15) is 41.7 Å². The van der Waals surface area contributed by atoms with E-state index in [1.54, 1.807) is 26.8 Å². The number of nitrogens with zero attached hydrogens (tertiary/aromatic N) is 2. The summed E-state index contributed by atoms with van der Waals surface area (Å²) < 4.78 is 44.1. The lowest BCUT2D eigenvalue weighted by molar-refractivity contribution is -0.134. The molecule has 1 aromatic heterocycles. The van der Waals surface area contributed by atoms with Crippen molar-refractivity contribution in [3.63, 3.8) is 0 Å². The van der Waals surface area contributed by atoms with Crippen LogP contribution >= 0.6 is 11.3 Å². The molecule has 1 amide bonds. The normalized spacial score (nSPS) is 15.2. The molecule has 0 spiro atoms. The van der Waals surface area contributed by atoms with Crippen molar-refractivity contribution < 1.29 is 22.7 Å². The van der Waals surface area contributed by atoms with Gasteiger partial charge in [-0.2, -0.15) is 18.4 Å². The number of amides is 1. The number of ether oxygens (including phenoxy) is 1. The number of thiophene rings is 1. The van der Waals surface area contributed by atoms with Crippen molar-refractivity contribution in [2.24, 2.45) is 0 Å². The summed E-state index contributed by atoms with van der Waals surface area (Å²) in [7, 11) is 0. The molecule has 4 nitrogen and oxygen atoms in total. The Hall–Kier alpha value is -1.75. The van der Waals surface area contributed by atoms with Crippen LogP contribution < -0.4 is 0 Å². The Labute approximate surface area is 130 Å². The predicted octanol–water partition coefficient (Wildman–Crippen LogP) is 3.93. The zero-order valence-electron chi connectivity index (χ0n) is 12.4. The van der Waals surface area contributed by atoms with E-state index in [2.05, 4.69) is 0 Å². The van der Waals surface area contributed by atoms with Gasteiger partial charge in [-0.1, -0.05) is 0 Å². The monoisotopic (exact) mass is 332 g/mol. The van der Waals surface area contributed by atoms with E-state index in [0.717, 1.165) is 0 Å². The minimum Gasteiger partial charge on any atom is -0.444 e. The molecular weight excluding hydrogens is 317 g/mol. The van der Waals surface area contributed by atoms with E-state index in [-0.39, 0.29) is 25.1 Å². The average molecular weight is 332 g/mol. The first-order chi connectivity index (χ1) is 10.0. The van der Waals surface area contributed by atoms with Gasteiger partial charge in [-0.3, -0.25) is 0 Å². The lowest BCUT2D eigenvalue weighted by Crippen LogP contribution is -2.39. The first-order valence-corrected chi connectivity index (χ1v) is 7.44. The van der Waals surface area contributed by atoms with Gasteiger partial charge in [0.1, 0.15) is 16.5 Å². The summed E-state index contributed by atoms with van der Waals surface area (Å²) >= 11 is 0.536. The van der Waals surface area contributed by atoms with Gasteiger partial charge in [-0.05, 0) is 32.8 Å². The van der Waals surface area contributed by atoms with Crippen LogP contribution in [0.15, 0.2) is 0 Å². The number of carbonyl (C=O) groups excluding carboxylic acids is 1. The van der Waals surface area contributed by atoms with E-state index in [1.807, 2.05) is 0 Å². The molecule has 1 aliphatic rings. The van der Waals surface area contributed by atoms with Crippen molar-refractivity contribution >= 4 is 17.4 Å². The van der Waals surface area contributed by atoms with Gasteiger partial charge in [-0.25, -0.2) is 4.79 Å². The predicted molar refractivity (Wildman–Crippen MR) is 74.4 cm³/mol. The van der Waals surface area contributed by atoms with Crippen LogP contribution in [-0.4, -0.2) is 23.1 Å². The molecule has 0 N–H and O–H groups in total. The molecule has 2 rings (SSSR count). The number of carbonyl (C=O) groups is 1. The smallest absolute Gasteiger partial charge is 0.426 e. The molecule has 0 saturated heterocycles. The van der Waals surface area contributed by atoms with Gasteiger partial charge in [0, 0.05) is 11.4 Å². The van der Waals surface area contributed by atoms with E-state index in [0.29, 0.717) is 21.8 Å². The van der Waals surface area contributed by atoms with E-state index in [1.165, 1.54) is 4.90 Å². The number of alkyl halides is 3. The van der Waals surface area contributed by atoms with Crippen LogP contribution in [0.2, 0.25) is 0 Å². The average Bonchev–Trinajstić information content (AvgIpc) is 2.73. The summed E-state index contributed by atoms with van der Waals surface area (Å²) in [4.78, 5) is 12.9. The molecule has 1 aromatic rings. The highest BCUT2D eigenvalue weighted by molar-refractivity contribution is 7.12. The van der Waals surface area contributed by atoms with E-state index >= 15 is 0 Å². The first kappa shape index (κ1) is 16.6. The van der Waals surface area contributed by atoms with E-state index in [4.69, 9.17) is 10.00 Å². The SMILES string of the molecule is CC(C)(C)OC(=O)N1CCc2c(sc(C(F)(F)F)c2C#N)C1. The fourth-order valence-corrected chi connectivity index (χ4v) is 3.38. The topological polar surface area (TPSA) is 53.3 Å². The zero-order chi connectivity index (χ0) is 16.7. The zero-order valence-corrected chi connectivity index (χ0v) is 13.2. The second-order valence-corrected chi connectivity index (χ2v) is 7.07. The van der Waals surface area contributed by atoms with Crippen molar-refractivity contribution in [3.8, 4) is 6.07 Å². The molecule has 22 heavy (non-hydrogen) atoms. The van der Waals surface area contributed by atoms with Crippen molar-refractivity contribution in [2.75, 3.05) is 6.54 Å². The highest BCUT2D eigenvalue weighted by Gasteiger charge is 2.40. The fraction of sp³-hybridized carbons (Fsp3) is 0.571. The van der Waals surface area contributed by atoms with Crippen LogP contribution in [0, 0.1) is 11.3 Å². The molecule has 0 aromatic carbocycles. The summed E-state index contributed by atoms with van der Waals surface area (Å²) in [6.45, 7) is 5.45. The molecule has 2 heterocycles. The lowest BCUT2D eigenvalue weighted by Gasteiger charge is -2.29. The van der Waals surface area contributed by atoms with Crippen LogP contribution in [0.3, 0.4) is 0 Å². The lowest BCUT2D eigenvalue weighted by atomic mass is 10.0. The third-order valence-electron chi connectivity index (χ3n) is 3.08. The largest absolute Gasteiger partial charge is 0.444 e. The van der Waals surface area contributed by atoms with Crippen molar-refractivity contribution in [2.45, 2.75) is 45.5 Å². The first-order valence-electron chi connectivity index (χ1n) is 6.62. The molecule has 0 saturated carbocycles. The number of rotatable bonds is 0. The van der Waals surface area contributed by atoms with Crippen molar-refractivity contribution in [1.29, 1.82) is 5.26 Å².